The second kappa shape index (κ2) is 5.73. The molecule has 0 radical (unpaired) electrons. The molecule has 100 valence electrons. The lowest BCUT2D eigenvalue weighted by Gasteiger charge is -2.18. The lowest BCUT2D eigenvalue weighted by atomic mass is 9.92. The van der Waals surface area contributed by atoms with Crippen molar-refractivity contribution in [2.75, 3.05) is 7.11 Å². The summed E-state index contributed by atoms with van der Waals surface area (Å²) in [5, 5.41) is 18.9. The number of ether oxygens (including phenoxy) is 1. The van der Waals surface area contributed by atoms with Crippen LogP contribution >= 0.6 is 0 Å². The van der Waals surface area contributed by atoms with Gasteiger partial charge in [0.15, 0.2) is 11.5 Å². The minimum Gasteiger partial charge on any atom is -0.504 e. The summed E-state index contributed by atoms with van der Waals surface area (Å²) in [5.41, 5.74) is 6.95. The highest BCUT2D eigenvalue weighted by Crippen LogP contribution is 2.36. The Morgan fingerprint density at radius 2 is 2.06 bits per heavy atom. The first-order valence-corrected chi connectivity index (χ1v) is 5.75. The minimum atomic E-state index is -1.09. The number of phenolic OH excluding ortho intramolecular Hbond substituents is 1. The lowest BCUT2D eigenvalue weighted by molar-refractivity contribution is -0.138. The van der Waals surface area contributed by atoms with Crippen LogP contribution in [0.4, 0.5) is 0 Å². The average Bonchev–Trinajstić information content (AvgIpc) is 2.30. The first kappa shape index (κ1) is 14.3. The van der Waals surface area contributed by atoms with Crippen molar-refractivity contribution < 1.29 is 19.7 Å². The normalized spacial score (nSPS) is 12.5. The second-order valence-corrected chi connectivity index (χ2v) is 4.49. The molecule has 0 amide bonds. The Labute approximate surface area is 106 Å². The van der Waals surface area contributed by atoms with Crippen molar-refractivity contribution in [3.05, 3.63) is 23.3 Å². The van der Waals surface area contributed by atoms with Gasteiger partial charge < -0.3 is 20.7 Å². The Bertz CT molecular complexity index is 443. The maximum absolute atomic E-state index is 10.8. The molecule has 4 N–H and O–H groups in total. The molecule has 0 aromatic heterocycles. The number of hydrogen-bond donors (Lipinski definition) is 3. The van der Waals surface area contributed by atoms with Gasteiger partial charge in [-0.3, -0.25) is 4.79 Å². The van der Waals surface area contributed by atoms with E-state index in [0.717, 1.165) is 5.56 Å². The number of benzene rings is 1. The number of phenols is 1. The van der Waals surface area contributed by atoms with E-state index in [0.29, 0.717) is 11.3 Å². The van der Waals surface area contributed by atoms with E-state index in [-0.39, 0.29) is 18.1 Å². The zero-order valence-corrected chi connectivity index (χ0v) is 10.8. The van der Waals surface area contributed by atoms with E-state index in [9.17, 15) is 9.90 Å². The second-order valence-electron chi connectivity index (χ2n) is 4.49. The number of methoxy groups -OCH3 is 1. The van der Waals surface area contributed by atoms with E-state index < -0.39 is 12.0 Å². The molecule has 0 bridgehead atoms. The fourth-order valence-corrected chi connectivity index (χ4v) is 1.86. The summed E-state index contributed by atoms with van der Waals surface area (Å²) in [4.78, 5) is 10.8. The fraction of sp³-hybridized carbons (Fsp3) is 0.462. The molecule has 0 heterocycles. The SMILES string of the molecule is COc1ccc(C(C)C)c(CC(N)C(=O)O)c1O. The summed E-state index contributed by atoms with van der Waals surface area (Å²) in [5.74, 6) is -0.628. The van der Waals surface area contributed by atoms with Crippen LogP contribution in [0.2, 0.25) is 0 Å². The highest BCUT2D eigenvalue weighted by atomic mass is 16.5. The molecule has 1 aromatic carbocycles. The van der Waals surface area contributed by atoms with Crippen molar-refractivity contribution in [3.8, 4) is 11.5 Å². The van der Waals surface area contributed by atoms with Gasteiger partial charge in [-0.1, -0.05) is 19.9 Å². The minimum absolute atomic E-state index is 0.0274. The van der Waals surface area contributed by atoms with Crippen molar-refractivity contribution >= 4 is 5.97 Å². The molecule has 0 aliphatic carbocycles. The van der Waals surface area contributed by atoms with Gasteiger partial charge in [0.1, 0.15) is 6.04 Å². The zero-order chi connectivity index (χ0) is 13.9. The predicted octanol–water partition coefficient (Wildman–Crippen LogP) is 1.48. The first-order valence-electron chi connectivity index (χ1n) is 5.75. The number of carbonyl (C=O) groups is 1. The monoisotopic (exact) mass is 253 g/mol. The third-order valence-electron chi connectivity index (χ3n) is 2.87. The summed E-state index contributed by atoms with van der Waals surface area (Å²) in [6.07, 6.45) is 0.0753. The van der Waals surface area contributed by atoms with Gasteiger partial charge in [0.25, 0.3) is 0 Å². The summed E-state index contributed by atoms with van der Waals surface area (Å²) in [6.45, 7) is 3.94. The quantitative estimate of drug-likeness (QED) is 0.739. The van der Waals surface area contributed by atoms with Crippen LogP contribution in [0.25, 0.3) is 0 Å². The van der Waals surface area contributed by atoms with Gasteiger partial charge in [-0.05, 0) is 17.5 Å². The van der Waals surface area contributed by atoms with Crippen molar-refractivity contribution in [1.82, 2.24) is 0 Å². The molecule has 5 nitrogen and oxygen atoms in total. The molecule has 0 saturated heterocycles. The predicted molar refractivity (Wildman–Crippen MR) is 68.1 cm³/mol. The van der Waals surface area contributed by atoms with E-state index in [1.165, 1.54) is 7.11 Å². The van der Waals surface area contributed by atoms with Crippen molar-refractivity contribution in [2.24, 2.45) is 5.73 Å². The van der Waals surface area contributed by atoms with Gasteiger partial charge in [0, 0.05) is 12.0 Å². The highest BCUT2D eigenvalue weighted by molar-refractivity contribution is 5.74. The molecule has 0 aliphatic rings. The molecule has 0 spiro atoms. The molecular formula is C13H19NO4. The molecule has 1 aromatic rings. The summed E-state index contributed by atoms with van der Waals surface area (Å²) >= 11 is 0. The molecule has 18 heavy (non-hydrogen) atoms. The average molecular weight is 253 g/mol. The molecule has 0 saturated carbocycles. The smallest absolute Gasteiger partial charge is 0.320 e. The Morgan fingerprint density at radius 3 is 2.50 bits per heavy atom. The van der Waals surface area contributed by atoms with Gasteiger partial charge in [-0.15, -0.1) is 0 Å². The van der Waals surface area contributed by atoms with Crippen LogP contribution in [0.5, 0.6) is 11.5 Å². The molecule has 0 fully saturated rings. The zero-order valence-electron chi connectivity index (χ0n) is 10.8. The van der Waals surface area contributed by atoms with Gasteiger partial charge in [-0.25, -0.2) is 0 Å². The van der Waals surface area contributed by atoms with Gasteiger partial charge in [0.05, 0.1) is 7.11 Å². The molecule has 1 rings (SSSR count). The van der Waals surface area contributed by atoms with E-state index >= 15 is 0 Å². The Kier molecular flexibility index (Phi) is 4.55. The van der Waals surface area contributed by atoms with E-state index in [2.05, 4.69) is 0 Å². The molecule has 1 atom stereocenters. The number of carboxylic acid groups (broad SMARTS) is 1. The van der Waals surface area contributed by atoms with Crippen LogP contribution in [0, 0.1) is 0 Å². The summed E-state index contributed by atoms with van der Waals surface area (Å²) < 4.78 is 5.02. The number of aliphatic carboxylic acids is 1. The van der Waals surface area contributed by atoms with Crippen LogP contribution in [-0.4, -0.2) is 29.3 Å². The Hall–Kier alpha value is -1.75. The number of rotatable bonds is 5. The molecule has 0 aliphatic heterocycles. The van der Waals surface area contributed by atoms with Crippen LogP contribution in [0.3, 0.4) is 0 Å². The van der Waals surface area contributed by atoms with Crippen LogP contribution in [-0.2, 0) is 11.2 Å². The van der Waals surface area contributed by atoms with E-state index in [4.69, 9.17) is 15.6 Å². The number of nitrogens with two attached hydrogens (primary N) is 1. The first-order chi connectivity index (χ1) is 8.38. The standard InChI is InChI=1S/C13H19NO4/c1-7(2)8-4-5-11(18-3)12(15)9(8)6-10(14)13(16)17/h4-5,7,10,15H,6,14H2,1-3H3,(H,16,17). The van der Waals surface area contributed by atoms with Crippen molar-refractivity contribution in [3.63, 3.8) is 0 Å². The van der Waals surface area contributed by atoms with Crippen LogP contribution in [0.15, 0.2) is 12.1 Å². The summed E-state index contributed by atoms with van der Waals surface area (Å²) in [7, 11) is 1.45. The Balaban J connectivity index is 3.23. The number of hydrogen-bond acceptors (Lipinski definition) is 4. The molecule has 1 unspecified atom stereocenters. The fourth-order valence-electron chi connectivity index (χ4n) is 1.86. The number of aromatic hydroxyl groups is 1. The summed E-state index contributed by atoms with van der Waals surface area (Å²) in [6, 6.07) is 2.45. The van der Waals surface area contributed by atoms with E-state index in [1.54, 1.807) is 6.07 Å². The topological polar surface area (TPSA) is 92.8 Å². The Morgan fingerprint density at radius 1 is 1.44 bits per heavy atom. The maximum atomic E-state index is 10.8. The third kappa shape index (κ3) is 2.92. The molecular weight excluding hydrogens is 234 g/mol. The lowest BCUT2D eigenvalue weighted by Crippen LogP contribution is -2.32. The third-order valence-corrected chi connectivity index (χ3v) is 2.87. The van der Waals surface area contributed by atoms with Crippen molar-refractivity contribution in [2.45, 2.75) is 32.2 Å². The van der Waals surface area contributed by atoms with Gasteiger partial charge in [-0.2, -0.15) is 0 Å². The van der Waals surface area contributed by atoms with Crippen LogP contribution < -0.4 is 10.5 Å². The number of carboxylic acids is 1. The van der Waals surface area contributed by atoms with Gasteiger partial charge in [0.2, 0.25) is 0 Å². The van der Waals surface area contributed by atoms with Crippen LogP contribution in [0.1, 0.15) is 30.9 Å². The van der Waals surface area contributed by atoms with E-state index in [1.807, 2.05) is 19.9 Å². The largest absolute Gasteiger partial charge is 0.504 e. The van der Waals surface area contributed by atoms with Gasteiger partial charge >= 0.3 is 5.97 Å². The highest BCUT2D eigenvalue weighted by Gasteiger charge is 2.20. The maximum Gasteiger partial charge on any atom is 0.320 e. The molecule has 5 heteroatoms. The van der Waals surface area contributed by atoms with Crippen molar-refractivity contribution in [1.29, 1.82) is 0 Å².